The zero-order valence-electron chi connectivity index (χ0n) is 42.9. The summed E-state index contributed by atoms with van der Waals surface area (Å²) in [6.45, 7) is -3.49. The number of hydrogen-bond acceptors (Lipinski definition) is 34. The van der Waals surface area contributed by atoms with Crippen molar-refractivity contribution in [3.8, 4) is 0 Å². The minimum Gasteiger partial charge on any atom is -0.506 e. The molecule has 79 heavy (non-hydrogen) atoms. The van der Waals surface area contributed by atoms with Gasteiger partial charge >= 0.3 is 0 Å². The third kappa shape index (κ3) is 19.0. The average molecular weight is 1170 g/mol. The summed E-state index contributed by atoms with van der Waals surface area (Å²) in [5.74, 6) is -8.89. The van der Waals surface area contributed by atoms with Crippen LogP contribution < -0.4 is 0 Å². The molecule has 2 saturated heterocycles. The lowest BCUT2D eigenvalue weighted by Gasteiger charge is -2.43. The first kappa shape index (κ1) is 70.2. The standard InChI is InChI=1S/C45H80O34/c1-16(2)3-4-17-25(53)22(13-50)79-78-21(8-12-49)29(57)35(63)43(69)77-39-24(15-52)75-45(37(65)31(39)59)73-20(7-11-48)28(56)34(62)42(68)76-38-23(14-51)74-44(36(64)30(38)58)72-19(6-10-47)27(55)33(61)41(67)71-18(5-9-46)26(54)32(60)40(66)70-17/h16-26,30-32,36-69H,3-15H2,1-2H3/b33-27+,34-28+,35-29+. The molecule has 34 heteroatoms. The fourth-order valence-corrected chi connectivity index (χ4v) is 8.13. The van der Waals surface area contributed by atoms with E-state index in [4.69, 9.17) is 47.7 Å². The monoisotopic (exact) mass is 1160 g/mol. The Morgan fingerprint density at radius 3 is 1.10 bits per heavy atom. The summed E-state index contributed by atoms with van der Waals surface area (Å²) in [6.07, 6.45) is -53.6. The van der Waals surface area contributed by atoms with Gasteiger partial charge in [-0.05, 0) is 25.2 Å². The summed E-state index contributed by atoms with van der Waals surface area (Å²) in [7, 11) is 0. The summed E-state index contributed by atoms with van der Waals surface area (Å²) in [4.78, 5) is 10.3. The number of aliphatic hydroxyl groups is 24. The van der Waals surface area contributed by atoms with E-state index in [1.807, 2.05) is 0 Å². The van der Waals surface area contributed by atoms with Crippen LogP contribution in [0.1, 0.15) is 52.4 Å². The van der Waals surface area contributed by atoms with Crippen LogP contribution >= 0.6 is 0 Å². The molecule has 0 aromatic heterocycles. The third-order valence-corrected chi connectivity index (χ3v) is 12.7. The fourth-order valence-electron chi connectivity index (χ4n) is 8.13. The summed E-state index contributed by atoms with van der Waals surface area (Å²) >= 11 is 0. The van der Waals surface area contributed by atoms with Gasteiger partial charge in [-0.25, -0.2) is 9.78 Å². The smallest absolute Gasteiger partial charge is 0.218 e. The van der Waals surface area contributed by atoms with Crippen molar-refractivity contribution < 1.29 is 170 Å². The van der Waals surface area contributed by atoms with Gasteiger partial charge < -0.3 is 160 Å². The van der Waals surface area contributed by atoms with Crippen molar-refractivity contribution in [2.24, 2.45) is 5.92 Å². The van der Waals surface area contributed by atoms with Crippen LogP contribution in [0.3, 0.4) is 0 Å². The largest absolute Gasteiger partial charge is 0.506 e. The van der Waals surface area contributed by atoms with E-state index in [1.54, 1.807) is 13.8 Å². The van der Waals surface area contributed by atoms with Crippen molar-refractivity contribution >= 4 is 0 Å². The summed E-state index contributed by atoms with van der Waals surface area (Å²) in [6, 6.07) is 0. The second-order valence-electron chi connectivity index (χ2n) is 18.9. The van der Waals surface area contributed by atoms with Gasteiger partial charge in [-0.1, -0.05) is 13.8 Å². The Bertz CT molecular complexity index is 1840. The molecule has 23 atom stereocenters. The number of fused-ring (bicyclic) bond motifs is 2. The van der Waals surface area contributed by atoms with Gasteiger partial charge in [0.15, 0.2) is 59.5 Å². The van der Waals surface area contributed by atoms with Gasteiger partial charge in [0, 0.05) is 45.7 Å². The van der Waals surface area contributed by atoms with Gasteiger partial charge in [0.25, 0.3) is 0 Å². The first-order valence-electron chi connectivity index (χ1n) is 24.9. The molecule has 0 aromatic carbocycles. The van der Waals surface area contributed by atoms with Crippen LogP contribution in [0.25, 0.3) is 0 Å². The zero-order chi connectivity index (χ0) is 59.6. The lowest BCUT2D eigenvalue weighted by molar-refractivity contribution is -0.372. The SMILES string of the molecule is CC(C)CCC1OC(O)C(O)C(O)C(CCO)OC(O)/C(O)=C(\O)C(CCO)OC2OC(CO)C(OC(O)/C(O)=C(\O)C(CCO)OC3OC(CO)C(OC(O)/C(O)=C(\O)C(CCO)OOC(CO)C1O)C(O)C3O)C(O)C2O. The molecule has 34 nitrogen and oxygen atoms in total. The van der Waals surface area contributed by atoms with E-state index in [2.05, 4.69) is 0 Å². The molecule has 4 bridgehead atoms. The number of rotatable bonds is 14. The minimum atomic E-state index is -2.75. The van der Waals surface area contributed by atoms with Gasteiger partial charge in [0.2, 0.25) is 18.9 Å². The van der Waals surface area contributed by atoms with E-state index in [-0.39, 0.29) is 18.8 Å². The normalized spacial score (nSPS) is 43.2. The molecule has 5 aliphatic heterocycles. The second kappa shape index (κ2) is 33.9. The van der Waals surface area contributed by atoms with Crippen LogP contribution in [0.15, 0.2) is 34.6 Å². The Balaban J connectivity index is 2.15. The Morgan fingerprint density at radius 1 is 0.329 bits per heavy atom. The van der Waals surface area contributed by atoms with E-state index in [1.165, 1.54) is 0 Å². The number of hydrogen-bond donors (Lipinski definition) is 24. The van der Waals surface area contributed by atoms with Crippen molar-refractivity contribution in [2.45, 2.75) is 194 Å². The molecule has 0 spiro atoms. The number of aliphatic hydroxyl groups excluding tert-OH is 24. The quantitative estimate of drug-likeness (QED) is 0.0718. The fraction of sp³-hybridized carbons (Fsp3) is 0.867. The maximum atomic E-state index is 11.4. The highest BCUT2D eigenvalue weighted by molar-refractivity contribution is 5.10. The van der Waals surface area contributed by atoms with Gasteiger partial charge in [-0.2, -0.15) is 0 Å². The summed E-state index contributed by atoms with van der Waals surface area (Å²) in [5, 5.41) is 257. The highest BCUT2D eigenvalue weighted by Gasteiger charge is 2.51. The van der Waals surface area contributed by atoms with E-state index in [0.29, 0.717) is 0 Å². The molecule has 5 rings (SSSR count). The average Bonchev–Trinajstić information content (AvgIpc) is 3.45. The third-order valence-electron chi connectivity index (χ3n) is 12.7. The van der Waals surface area contributed by atoms with Crippen LogP contribution in [0.2, 0.25) is 0 Å². The lowest BCUT2D eigenvalue weighted by Crippen LogP contribution is -2.61. The van der Waals surface area contributed by atoms with Crippen LogP contribution in [-0.4, -0.2) is 310 Å². The summed E-state index contributed by atoms with van der Waals surface area (Å²) in [5.41, 5.74) is 0. The molecule has 0 radical (unpaired) electrons. The first-order valence-corrected chi connectivity index (χ1v) is 24.9. The van der Waals surface area contributed by atoms with Gasteiger partial charge in [-0.3, -0.25) is 0 Å². The highest BCUT2D eigenvalue weighted by atomic mass is 17.2. The molecule has 2 fully saturated rings. The van der Waals surface area contributed by atoms with Gasteiger partial charge in [0.1, 0.15) is 85.5 Å². The molecule has 0 saturated carbocycles. The van der Waals surface area contributed by atoms with Crippen LogP contribution in [-0.2, 0) is 47.7 Å². The Labute approximate surface area is 450 Å². The molecule has 0 aromatic rings. The molecule has 23 unspecified atom stereocenters. The zero-order valence-corrected chi connectivity index (χ0v) is 42.9. The molecule has 0 amide bonds. The Hall–Kier alpha value is -3.10. The van der Waals surface area contributed by atoms with Gasteiger partial charge in [-0.15, -0.1) is 0 Å². The first-order chi connectivity index (χ1) is 37.3. The molecular weight excluding hydrogens is 1080 g/mol. The molecule has 464 valence electrons. The topological polar surface area (TPSA) is 578 Å². The van der Waals surface area contributed by atoms with Crippen molar-refractivity contribution in [2.75, 3.05) is 46.2 Å². The van der Waals surface area contributed by atoms with Crippen molar-refractivity contribution in [3.05, 3.63) is 34.6 Å². The predicted octanol–water partition coefficient (Wildman–Crippen LogP) is -7.83. The van der Waals surface area contributed by atoms with Crippen molar-refractivity contribution in [3.63, 3.8) is 0 Å². The second-order valence-corrected chi connectivity index (χ2v) is 18.9. The molecule has 24 N–H and O–H groups in total. The van der Waals surface area contributed by atoms with E-state index in [0.717, 1.165) is 0 Å². The van der Waals surface area contributed by atoms with E-state index < -0.39 is 248 Å². The van der Waals surface area contributed by atoms with Crippen LogP contribution in [0, 0.1) is 5.92 Å². The number of ether oxygens (including phenoxy) is 8. The van der Waals surface area contributed by atoms with Crippen LogP contribution in [0.4, 0.5) is 0 Å². The van der Waals surface area contributed by atoms with Crippen molar-refractivity contribution in [1.82, 2.24) is 0 Å². The molecule has 5 aliphatic rings. The van der Waals surface area contributed by atoms with E-state index in [9.17, 15) is 123 Å². The van der Waals surface area contributed by atoms with Crippen molar-refractivity contribution in [1.29, 1.82) is 0 Å². The molecule has 0 aliphatic carbocycles. The molecule has 5 heterocycles. The lowest BCUT2D eigenvalue weighted by atomic mass is 9.98. The summed E-state index contributed by atoms with van der Waals surface area (Å²) < 4.78 is 43.1. The Morgan fingerprint density at radius 2 is 0.709 bits per heavy atom. The highest BCUT2D eigenvalue weighted by Crippen LogP contribution is 2.33. The Kier molecular flexibility index (Phi) is 30.1. The molecular formula is C45H80O34. The van der Waals surface area contributed by atoms with E-state index >= 15 is 0 Å². The maximum Gasteiger partial charge on any atom is 0.218 e. The maximum absolute atomic E-state index is 11.4. The predicted molar refractivity (Wildman–Crippen MR) is 251 cm³/mol. The van der Waals surface area contributed by atoms with Gasteiger partial charge in [0.05, 0.1) is 32.0 Å². The minimum absolute atomic E-state index is 0.143. The van der Waals surface area contributed by atoms with Crippen LogP contribution in [0.5, 0.6) is 0 Å².